The molecule has 1 fully saturated rings. The number of anilines is 3. The number of hydrogen-bond acceptors (Lipinski definition) is 3. The number of hydrogen-bond donors (Lipinski definition) is 2. The van der Waals surface area contributed by atoms with Crippen LogP contribution in [0.1, 0.15) is 13.3 Å². The summed E-state index contributed by atoms with van der Waals surface area (Å²) in [5.41, 5.74) is 1.79. The van der Waals surface area contributed by atoms with Crippen LogP contribution in [-0.4, -0.2) is 24.3 Å². The van der Waals surface area contributed by atoms with Crippen molar-refractivity contribution in [1.29, 1.82) is 0 Å². The third-order valence-corrected chi connectivity index (χ3v) is 4.11. The first-order valence-electron chi connectivity index (χ1n) is 8.17. The van der Waals surface area contributed by atoms with Crippen LogP contribution >= 0.6 is 0 Å². The highest BCUT2D eigenvalue weighted by Gasteiger charge is 2.35. The third-order valence-electron chi connectivity index (χ3n) is 4.11. The van der Waals surface area contributed by atoms with Crippen LogP contribution in [0.5, 0.6) is 0 Å². The number of amides is 3. The number of benzene rings is 2. The summed E-state index contributed by atoms with van der Waals surface area (Å²) < 4.78 is 13.0. The fourth-order valence-corrected chi connectivity index (χ4v) is 2.84. The molecule has 1 heterocycles. The Kier molecular flexibility index (Phi) is 4.97. The van der Waals surface area contributed by atoms with Gasteiger partial charge in [0.1, 0.15) is 5.82 Å². The Bertz CT molecular complexity index is 834. The quantitative estimate of drug-likeness (QED) is 0.885. The summed E-state index contributed by atoms with van der Waals surface area (Å²) in [6, 6.07) is 12.3. The van der Waals surface area contributed by atoms with Gasteiger partial charge in [0, 0.05) is 37.0 Å². The molecule has 2 aromatic carbocycles. The molecule has 6 nitrogen and oxygen atoms in total. The van der Waals surface area contributed by atoms with Crippen LogP contribution < -0.4 is 15.5 Å². The summed E-state index contributed by atoms with van der Waals surface area (Å²) in [4.78, 5) is 37.1. The summed E-state index contributed by atoms with van der Waals surface area (Å²) in [5.74, 6) is -1.46. The molecule has 7 heteroatoms. The molecular weight excluding hydrogens is 337 g/mol. The van der Waals surface area contributed by atoms with Crippen LogP contribution in [-0.2, 0) is 14.4 Å². The molecule has 134 valence electrons. The van der Waals surface area contributed by atoms with E-state index in [2.05, 4.69) is 10.6 Å². The van der Waals surface area contributed by atoms with Gasteiger partial charge in [-0.15, -0.1) is 0 Å². The highest BCUT2D eigenvalue weighted by molar-refractivity contribution is 6.03. The van der Waals surface area contributed by atoms with Gasteiger partial charge in [-0.3, -0.25) is 14.4 Å². The summed E-state index contributed by atoms with van der Waals surface area (Å²) in [6.45, 7) is 1.67. The fourth-order valence-electron chi connectivity index (χ4n) is 2.84. The molecule has 1 atom stereocenters. The van der Waals surface area contributed by atoms with E-state index < -0.39 is 5.92 Å². The molecule has 3 amide bonds. The van der Waals surface area contributed by atoms with Crippen LogP contribution in [0.2, 0.25) is 0 Å². The zero-order valence-electron chi connectivity index (χ0n) is 14.2. The predicted molar refractivity (Wildman–Crippen MR) is 96.2 cm³/mol. The summed E-state index contributed by atoms with van der Waals surface area (Å²) >= 11 is 0. The minimum atomic E-state index is -0.484. The van der Waals surface area contributed by atoms with E-state index >= 15 is 0 Å². The van der Waals surface area contributed by atoms with E-state index in [9.17, 15) is 18.8 Å². The third kappa shape index (κ3) is 4.05. The summed E-state index contributed by atoms with van der Waals surface area (Å²) in [7, 11) is 0. The Labute approximate surface area is 150 Å². The normalized spacial score (nSPS) is 16.5. The average molecular weight is 355 g/mol. The topological polar surface area (TPSA) is 78.5 Å². The Morgan fingerprint density at radius 1 is 1.00 bits per heavy atom. The van der Waals surface area contributed by atoms with Crippen molar-refractivity contribution in [3.8, 4) is 0 Å². The van der Waals surface area contributed by atoms with Gasteiger partial charge in [0.05, 0.1) is 5.92 Å². The van der Waals surface area contributed by atoms with Crippen LogP contribution in [0.15, 0.2) is 48.5 Å². The van der Waals surface area contributed by atoms with E-state index in [1.807, 2.05) is 0 Å². The first-order chi connectivity index (χ1) is 12.4. The molecule has 2 N–H and O–H groups in total. The van der Waals surface area contributed by atoms with Gasteiger partial charge in [-0.05, 0) is 48.5 Å². The SMILES string of the molecule is CC(=O)Nc1ccc(NC(=O)[C@H]2CC(=O)N(c3ccc(F)cc3)C2)cc1. The second-order valence-corrected chi connectivity index (χ2v) is 6.13. The lowest BCUT2D eigenvalue weighted by Gasteiger charge is -2.16. The van der Waals surface area contributed by atoms with Gasteiger partial charge in [-0.2, -0.15) is 0 Å². The van der Waals surface area contributed by atoms with Crippen LogP contribution in [0.25, 0.3) is 0 Å². The fraction of sp³-hybridized carbons (Fsp3) is 0.211. The van der Waals surface area contributed by atoms with Crippen molar-refractivity contribution in [2.24, 2.45) is 5.92 Å². The van der Waals surface area contributed by atoms with E-state index in [0.29, 0.717) is 17.1 Å². The lowest BCUT2D eigenvalue weighted by atomic mass is 10.1. The standard InChI is InChI=1S/C19H18FN3O3/c1-12(24)21-15-4-6-16(7-5-15)22-19(26)13-10-18(25)23(11-13)17-8-2-14(20)3-9-17/h2-9,13H,10-11H2,1H3,(H,21,24)(H,22,26)/t13-/m0/s1. The molecule has 0 bridgehead atoms. The van der Waals surface area contributed by atoms with E-state index in [1.165, 1.54) is 36.1 Å². The second kappa shape index (κ2) is 7.35. The number of nitrogens with zero attached hydrogens (tertiary/aromatic N) is 1. The van der Waals surface area contributed by atoms with E-state index in [0.717, 1.165) is 0 Å². The van der Waals surface area contributed by atoms with Gasteiger partial charge < -0.3 is 15.5 Å². The van der Waals surface area contributed by atoms with Gasteiger partial charge in [0.2, 0.25) is 17.7 Å². The van der Waals surface area contributed by atoms with Gasteiger partial charge in [0.15, 0.2) is 0 Å². The van der Waals surface area contributed by atoms with Crippen molar-refractivity contribution in [2.75, 3.05) is 22.1 Å². The molecule has 0 saturated carbocycles. The molecule has 1 aliphatic heterocycles. The van der Waals surface area contributed by atoms with Crippen molar-refractivity contribution in [3.63, 3.8) is 0 Å². The molecule has 0 aromatic heterocycles. The monoisotopic (exact) mass is 355 g/mol. The molecule has 2 aromatic rings. The molecule has 3 rings (SSSR count). The maximum Gasteiger partial charge on any atom is 0.229 e. The van der Waals surface area contributed by atoms with Crippen LogP contribution in [0, 0.1) is 11.7 Å². The number of carbonyl (C=O) groups excluding carboxylic acids is 3. The summed E-state index contributed by atoms with van der Waals surface area (Å²) in [6.07, 6.45) is 0.104. The van der Waals surface area contributed by atoms with E-state index in [-0.39, 0.29) is 36.5 Å². The molecule has 0 spiro atoms. The largest absolute Gasteiger partial charge is 0.326 e. The molecule has 1 aliphatic rings. The average Bonchev–Trinajstić information content (AvgIpc) is 2.99. The molecular formula is C19H18FN3O3. The molecule has 1 saturated heterocycles. The summed E-state index contributed by atoms with van der Waals surface area (Å²) in [5, 5.41) is 5.42. The van der Waals surface area contributed by atoms with Crippen LogP contribution in [0.4, 0.5) is 21.5 Å². The highest BCUT2D eigenvalue weighted by Crippen LogP contribution is 2.26. The highest BCUT2D eigenvalue weighted by atomic mass is 19.1. The Morgan fingerprint density at radius 2 is 1.58 bits per heavy atom. The first kappa shape index (κ1) is 17.6. The molecule has 0 aliphatic carbocycles. The van der Waals surface area contributed by atoms with Crippen molar-refractivity contribution < 1.29 is 18.8 Å². The molecule has 0 unspecified atom stereocenters. The predicted octanol–water partition coefficient (Wildman–Crippen LogP) is 2.78. The maximum atomic E-state index is 13.0. The van der Waals surface area contributed by atoms with Crippen molar-refractivity contribution in [2.45, 2.75) is 13.3 Å². The van der Waals surface area contributed by atoms with Crippen molar-refractivity contribution in [1.82, 2.24) is 0 Å². The van der Waals surface area contributed by atoms with E-state index in [1.54, 1.807) is 24.3 Å². The maximum absolute atomic E-state index is 13.0. The van der Waals surface area contributed by atoms with E-state index in [4.69, 9.17) is 0 Å². The van der Waals surface area contributed by atoms with Crippen molar-refractivity contribution >= 4 is 34.8 Å². The number of nitrogens with one attached hydrogen (secondary N) is 2. The van der Waals surface area contributed by atoms with Gasteiger partial charge >= 0.3 is 0 Å². The lowest BCUT2D eigenvalue weighted by Crippen LogP contribution is -2.28. The van der Waals surface area contributed by atoms with Gasteiger partial charge in [0.25, 0.3) is 0 Å². The van der Waals surface area contributed by atoms with Crippen molar-refractivity contribution in [3.05, 3.63) is 54.3 Å². The van der Waals surface area contributed by atoms with Gasteiger partial charge in [-0.1, -0.05) is 0 Å². The minimum absolute atomic E-state index is 0.104. The van der Waals surface area contributed by atoms with Gasteiger partial charge in [-0.25, -0.2) is 4.39 Å². The molecule has 26 heavy (non-hydrogen) atoms. The lowest BCUT2D eigenvalue weighted by molar-refractivity contribution is -0.122. The zero-order chi connectivity index (χ0) is 18.7. The zero-order valence-corrected chi connectivity index (χ0v) is 14.2. The number of halogens is 1. The number of carbonyl (C=O) groups is 3. The Hall–Kier alpha value is -3.22. The Balaban J connectivity index is 1.62. The Morgan fingerprint density at radius 3 is 2.15 bits per heavy atom. The smallest absolute Gasteiger partial charge is 0.229 e. The minimum Gasteiger partial charge on any atom is -0.326 e. The first-order valence-corrected chi connectivity index (χ1v) is 8.17. The molecule has 0 radical (unpaired) electrons. The van der Waals surface area contributed by atoms with Crippen LogP contribution in [0.3, 0.4) is 0 Å². The number of rotatable bonds is 4. The second-order valence-electron chi connectivity index (χ2n) is 6.13.